The van der Waals surface area contributed by atoms with Crippen molar-refractivity contribution >= 4 is 15.7 Å². The van der Waals surface area contributed by atoms with E-state index in [2.05, 4.69) is 5.32 Å². The molecule has 0 aliphatic carbocycles. The number of aliphatic hydroxyl groups is 1. The highest BCUT2D eigenvalue weighted by Gasteiger charge is 2.18. The molecule has 0 radical (unpaired) electrons. The number of hydrogen-bond donors (Lipinski definition) is 3. The van der Waals surface area contributed by atoms with Gasteiger partial charge in [0.25, 0.3) is 0 Å². The van der Waals surface area contributed by atoms with Crippen LogP contribution < -0.4 is 10.5 Å². The standard InChI is InChI=1S/C12H19FN2O3S/c1-12(2,5-6-16)8-15-11-4-3-9(7-10(11)13)19(14,17)18/h3-4,7,15-16H,5-6,8H2,1-2H3,(H2,14,17,18). The molecule has 0 aromatic heterocycles. The zero-order valence-electron chi connectivity index (χ0n) is 11.0. The predicted molar refractivity (Wildman–Crippen MR) is 71.7 cm³/mol. The number of sulfonamides is 1. The minimum atomic E-state index is -3.89. The van der Waals surface area contributed by atoms with Crippen LogP contribution in [0.3, 0.4) is 0 Å². The Balaban J connectivity index is 2.82. The molecule has 0 saturated heterocycles. The Bertz CT molecular complexity index is 544. The Morgan fingerprint density at radius 2 is 2.05 bits per heavy atom. The van der Waals surface area contributed by atoms with Crippen molar-refractivity contribution in [3.8, 4) is 0 Å². The maximum absolute atomic E-state index is 13.7. The summed E-state index contributed by atoms with van der Waals surface area (Å²) in [4.78, 5) is -0.259. The highest BCUT2D eigenvalue weighted by atomic mass is 32.2. The molecular weight excluding hydrogens is 271 g/mol. The summed E-state index contributed by atoms with van der Waals surface area (Å²) in [5.74, 6) is -0.675. The smallest absolute Gasteiger partial charge is 0.238 e. The van der Waals surface area contributed by atoms with Crippen LogP contribution in [0.25, 0.3) is 0 Å². The number of hydrogen-bond acceptors (Lipinski definition) is 4. The Morgan fingerprint density at radius 3 is 2.53 bits per heavy atom. The summed E-state index contributed by atoms with van der Waals surface area (Å²) in [6.07, 6.45) is 0.580. The van der Waals surface area contributed by atoms with Crippen LogP contribution in [0.5, 0.6) is 0 Å². The van der Waals surface area contributed by atoms with E-state index >= 15 is 0 Å². The summed E-state index contributed by atoms with van der Waals surface area (Å²) in [5.41, 5.74) is 0.0122. The number of rotatable bonds is 6. The third kappa shape index (κ3) is 4.77. The first kappa shape index (κ1) is 15.9. The van der Waals surface area contributed by atoms with Gasteiger partial charge in [-0.15, -0.1) is 0 Å². The minimum absolute atomic E-state index is 0.0571. The molecule has 1 aromatic rings. The van der Waals surface area contributed by atoms with Gasteiger partial charge in [0.2, 0.25) is 10.0 Å². The molecule has 5 nitrogen and oxygen atoms in total. The van der Waals surface area contributed by atoms with Crippen molar-refractivity contribution in [2.45, 2.75) is 25.2 Å². The van der Waals surface area contributed by atoms with Crippen LogP contribution in [-0.4, -0.2) is 26.7 Å². The van der Waals surface area contributed by atoms with Crippen LogP contribution in [0, 0.1) is 11.2 Å². The second-order valence-electron chi connectivity index (χ2n) is 5.18. The molecule has 1 aromatic carbocycles. The van der Waals surface area contributed by atoms with E-state index in [-0.39, 0.29) is 22.6 Å². The first-order valence-electron chi connectivity index (χ1n) is 5.83. The number of primary sulfonamides is 1. The van der Waals surface area contributed by atoms with Gasteiger partial charge >= 0.3 is 0 Å². The number of benzene rings is 1. The average Bonchev–Trinajstić information content (AvgIpc) is 2.26. The maximum Gasteiger partial charge on any atom is 0.238 e. The van der Waals surface area contributed by atoms with E-state index in [0.29, 0.717) is 13.0 Å². The molecule has 0 bridgehead atoms. The van der Waals surface area contributed by atoms with Crippen molar-refractivity contribution < 1.29 is 17.9 Å². The summed E-state index contributed by atoms with van der Waals surface area (Å²) in [6.45, 7) is 4.39. The van der Waals surface area contributed by atoms with Gasteiger partial charge in [-0.25, -0.2) is 17.9 Å². The third-order valence-electron chi connectivity index (χ3n) is 2.82. The monoisotopic (exact) mass is 290 g/mol. The van der Waals surface area contributed by atoms with Crippen LogP contribution in [0.1, 0.15) is 20.3 Å². The normalized spacial score (nSPS) is 12.5. The molecule has 0 spiro atoms. The van der Waals surface area contributed by atoms with Crippen LogP contribution in [0.2, 0.25) is 0 Å². The molecule has 0 fully saturated rings. The number of aliphatic hydroxyl groups excluding tert-OH is 1. The SMILES string of the molecule is CC(C)(CCO)CNc1ccc(S(N)(=O)=O)cc1F. The molecule has 1 rings (SSSR count). The summed E-state index contributed by atoms with van der Waals surface area (Å²) in [5, 5.41) is 16.7. The fraction of sp³-hybridized carbons (Fsp3) is 0.500. The number of halogens is 1. The Morgan fingerprint density at radius 1 is 1.42 bits per heavy atom. The fourth-order valence-corrected chi connectivity index (χ4v) is 2.07. The Labute approximate surface area is 112 Å². The lowest BCUT2D eigenvalue weighted by Gasteiger charge is -2.24. The zero-order valence-corrected chi connectivity index (χ0v) is 11.8. The summed E-state index contributed by atoms with van der Waals surface area (Å²) in [7, 11) is -3.89. The predicted octanol–water partition coefficient (Wildman–Crippen LogP) is 1.29. The van der Waals surface area contributed by atoms with E-state index < -0.39 is 15.8 Å². The largest absolute Gasteiger partial charge is 0.396 e. The van der Waals surface area contributed by atoms with Gasteiger partial charge in [-0.05, 0) is 30.0 Å². The molecular formula is C12H19FN2O3S. The van der Waals surface area contributed by atoms with E-state index in [0.717, 1.165) is 6.07 Å². The number of anilines is 1. The van der Waals surface area contributed by atoms with Crippen molar-refractivity contribution in [2.24, 2.45) is 10.6 Å². The lowest BCUT2D eigenvalue weighted by atomic mass is 9.89. The maximum atomic E-state index is 13.7. The van der Waals surface area contributed by atoms with Crippen molar-refractivity contribution in [2.75, 3.05) is 18.5 Å². The lowest BCUT2D eigenvalue weighted by Crippen LogP contribution is -2.24. The second kappa shape index (κ2) is 5.85. The number of nitrogens with two attached hydrogens (primary N) is 1. The Kier molecular flexibility index (Phi) is 4.89. The number of nitrogens with one attached hydrogen (secondary N) is 1. The molecule has 0 heterocycles. The van der Waals surface area contributed by atoms with E-state index in [4.69, 9.17) is 10.2 Å². The van der Waals surface area contributed by atoms with E-state index in [1.54, 1.807) is 0 Å². The van der Waals surface area contributed by atoms with Gasteiger partial charge in [0, 0.05) is 13.2 Å². The molecule has 0 aliphatic rings. The molecule has 0 amide bonds. The first-order valence-corrected chi connectivity index (χ1v) is 7.37. The topological polar surface area (TPSA) is 92.4 Å². The first-order chi connectivity index (χ1) is 8.65. The van der Waals surface area contributed by atoms with Gasteiger partial charge in [0.15, 0.2) is 0 Å². The average molecular weight is 290 g/mol. The van der Waals surface area contributed by atoms with Gasteiger partial charge in [-0.3, -0.25) is 0 Å². The zero-order chi connectivity index (χ0) is 14.7. The molecule has 7 heteroatoms. The van der Waals surface area contributed by atoms with Crippen LogP contribution >= 0.6 is 0 Å². The summed E-state index contributed by atoms with van der Waals surface area (Å²) < 4.78 is 35.8. The summed E-state index contributed by atoms with van der Waals surface area (Å²) in [6, 6.07) is 3.47. The molecule has 108 valence electrons. The quantitative estimate of drug-likeness (QED) is 0.736. The molecule has 0 saturated carbocycles. The molecule has 0 atom stereocenters. The molecule has 19 heavy (non-hydrogen) atoms. The summed E-state index contributed by atoms with van der Waals surface area (Å²) >= 11 is 0. The highest BCUT2D eigenvalue weighted by molar-refractivity contribution is 7.89. The van der Waals surface area contributed by atoms with Crippen molar-refractivity contribution in [1.82, 2.24) is 0 Å². The minimum Gasteiger partial charge on any atom is -0.396 e. The van der Waals surface area contributed by atoms with E-state index in [1.807, 2.05) is 13.8 Å². The van der Waals surface area contributed by atoms with E-state index in [9.17, 15) is 12.8 Å². The second-order valence-corrected chi connectivity index (χ2v) is 6.74. The van der Waals surface area contributed by atoms with Crippen molar-refractivity contribution in [3.05, 3.63) is 24.0 Å². The van der Waals surface area contributed by atoms with E-state index in [1.165, 1.54) is 12.1 Å². The van der Waals surface area contributed by atoms with Crippen molar-refractivity contribution in [3.63, 3.8) is 0 Å². The molecule has 0 unspecified atom stereocenters. The Hall–Kier alpha value is -1.18. The van der Waals surface area contributed by atoms with Crippen LogP contribution in [0.4, 0.5) is 10.1 Å². The third-order valence-corrected chi connectivity index (χ3v) is 3.73. The van der Waals surface area contributed by atoms with Gasteiger partial charge in [-0.2, -0.15) is 0 Å². The van der Waals surface area contributed by atoms with Gasteiger partial charge in [0.05, 0.1) is 10.6 Å². The van der Waals surface area contributed by atoms with Crippen LogP contribution in [0.15, 0.2) is 23.1 Å². The van der Waals surface area contributed by atoms with Crippen LogP contribution in [-0.2, 0) is 10.0 Å². The highest BCUT2D eigenvalue weighted by Crippen LogP contribution is 2.23. The lowest BCUT2D eigenvalue weighted by molar-refractivity contribution is 0.220. The fourth-order valence-electron chi connectivity index (χ4n) is 1.54. The van der Waals surface area contributed by atoms with Gasteiger partial charge in [0.1, 0.15) is 5.82 Å². The molecule has 4 N–H and O–H groups in total. The van der Waals surface area contributed by atoms with Gasteiger partial charge < -0.3 is 10.4 Å². The molecule has 0 aliphatic heterocycles. The van der Waals surface area contributed by atoms with Gasteiger partial charge in [-0.1, -0.05) is 13.8 Å². The van der Waals surface area contributed by atoms with Crippen molar-refractivity contribution in [1.29, 1.82) is 0 Å².